The van der Waals surface area contributed by atoms with Crippen molar-refractivity contribution in [1.82, 2.24) is 0 Å². The van der Waals surface area contributed by atoms with Gasteiger partial charge < -0.3 is 0 Å². The number of ketones is 1. The number of carbonyl (C=O) groups is 1. The molecule has 1 rings (SSSR count). The molecule has 0 fully saturated rings. The van der Waals surface area contributed by atoms with Gasteiger partial charge >= 0.3 is 0 Å². The molecular formula is C10H13BrOS. The van der Waals surface area contributed by atoms with Crippen LogP contribution in [0.15, 0.2) is 15.9 Å². The zero-order valence-electron chi connectivity index (χ0n) is 7.84. The molecule has 0 radical (unpaired) electrons. The first kappa shape index (κ1) is 10.9. The number of rotatable bonds is 4. The van der Waals surface area contributed by atoms with Crippen LogP contribution < -0.4 is 0 Å². The summed E-state index contributed by atoms with van der Waals surface area (Å²) in [5.74, 6) is 0.492. The second kappa shape index (κ2) is 4.91. The van der Waals surface area contributed by atoms with Crippen LogP contribution in [0.1, 0.15) is 36.4 Å². The van der Waals surface area contributed by atoms with Gasteiger partial charge in [0.2, 0.25) is 0 Å². The van der Waals surface area contributed by atoms with E-state index in [1.807, 2.05) is 12.1 Å². The van der Waals surface area contributed by atoms with Crippen LogP contribution in [-0.2, 0) is 0 Å². The summed E-state index contributed by atoms with van der Waals surface area (Å²) in [4.78, 5) is 12.7. The third kappa shape index (κ3) is 2.64. The fraction of sp³-hybridized carbons (Fsp3) is 0.500. The molecule has 13 heavy (non-hydrogen) atoms. The summed E-state index contributed by atoms with van der Waals surface area (Å²) < 4.78 is 1.03. The molecule has 0 aliphatic carbocycles. The molecule has 0 unspecified atom stereocenters. The number of hydrogen-bond donors (Lipinski definition) is 0. The van der Waals surface area contributed by atoms with Gasteiger partial charge in [-0.3, -0.25) is 4.79 Å². The minimum absolute atomic E-state index is 0.200. The summed E-state index contributed by atoms with van der Waals surface area (Å²) in [6.45, 7) is 4.13. The molecule has 0 aliphatic heterocycles. The summed E-state index contributed by atoms with van der Waals surface area (Å²) >= 11 is 4.88. The Morgan fingerprint density at radius 1 is 1.46 bits per heavy atom. The van der Waals surface area contributed by atoms with Crippen LogP contribution in [0.2, 0.25) is 0 Å². The van der Waals surface area contributed by atoms with Gasteiger partial charge in [0.25, 0.3) is 0 Å². The average molecular weight is 261 g/mol. The van der Waals surface area contributed by atoms with Crippen LogP contribution >= 0.6 is 27.3 Å². The first-order chi connectivity index (χ1) is 6.19. The van der Waals surface area contributed by atoms with E-state index in [4.69, 9.17) is 0 Å². The van der Waals surface area contributed by atoms with Crippen molar-refractivity contribution in [3.8, 4) is 0 Å². The van der Waals surface area contributed by atoms with Crippen molar-refractivity contribution in [3.05, 3.63) is 20.8 Å². The number of halogens is 1. The third-order valence-electron chi connectivity index (χ3n) is 2.17. The Hall–Kier alpha value is -0.150. The molecule has 1 heterocycles. The monoisotopic (exact) mass is 260 g/mol. The van der Waals surface area contributed by atoms with Gasteiger partial charge in [-0.2, -0.15) is 0 Å². The topological polar surface area (TPSA) is 17.1 Å². The lowest BCUT2D eigenvalue weighted by Crippen LogP contribution is -2.11. The van der Waals surface area contributed by atoms with Crippen LogP contribution in [0.5, 0.6) is 0 Å². The maximum Gasteiger partial charge on any atom is 0.175 e. The van der Waals surface area contributed by atoms with Gasteiger partial charge in [-0.15, -0.1) is 11.3 Å². The zero-order valence-corrected chi connectivity index (χ0v) is 10.2. The lowest BCUT2D eigenvalue weighted by atomic mass is 9.97. The molecule has 0 N–H and O–H groups in total. The van der Waals surface area contributed by atoms with E-state index < -0.39 is 0 Å². The minimum Gasteiger partial charge on any atom is -0.293 e. The second-order valence-corrected chi connectivity index (χ2v) is 5.44. The molecule has 1 aromatic rings. The molecular weight excluding hydrogens is 248 g/mol. The Bertz CT molecular complexity index is 289. The molecule has 0 atom stereocenters. The van der Waals surface area contributed by atoms with Crippen molar-refractivity contribution in [2.45, 2.75) is 26.7 Å². The second-order valence-electron chi connectivity index (χ2n) is 2.98. The van der Waals surface area contributed by atoms with Gasteiger partial charge in [-0.25, -0.2) is 0 Å². The normalized spacial score (nSPS) is 10.8. The van der Waals surface area contributed by atoms with Crippen molar-refractivity contribution in [2.24, 2.45) is 5.92 Å². The number of hydrogen-bond acceptors (Lipinski definition) is 2. The van der Waals surface area contributed by atoms with E-state index in [9.17, 15) is 4.79 Å². The quantitative estimate of drug-likeness (QED) is 0.745. The summed E-state index contributed by atoms with van der Waals surface area (Å²) in [6, 6.07) is 3.83. The molecule has 0 bridgehead atoms. The van der Waals surface area contributed by atoms with Crippen molar-refractivity contribution < 1.29 is 4.79 Å². The van der Waals surface area contributed by atoms with Gasteiger partial charge in [0.1, 0.15) is 0 Å². The van der Waals surface area contributed by atoms with Crippen molar-refractivity contribution >= 4 is 33.0 Å². The van der Waals surface area contributed by atoms with Crippen LogP contribution in [0.3, 0.4) is 0 Å². The predicted octanol–water partition coefficient (Wildman–Crippen LogP) is 4.13. The Labute approximate surface area is 91.3 Å². The summed E-state index contributed by atoms with van der Waals surface area (Å²) in [5.41, 5.74) is 0. The predicted molar refractivity (Wildman–Crippen MR) is 60.4 cm³/mol. The fourth-order valence-corrected chi connectivity index (χ4v) is 2.71. The number of thiophene rings is 1. The van der Waals surface area contributed by atoms with E-state index in [0.29, 0.717) is 5.78 Å². The molecule has 0 spiro atoms. The highest BCUT2D eigenvalue weighted by atomic mass is 79.9. The first-order valence-electron chi connectivity index (χ1n) is 4.48. The molecule has 1 aromatic heterocycles. The average Bonchev–Trinajstić information content (AvgIpc) is 2.54. The highest BCUT2D eigenvalue weighted by molar-refractivity contribution is 9.11. The van der Waals surface area contributed by atoms with Crippen LogP contribution in [0.25, 0.3) is 0 Å². The third-order valence-corrected chi connectivity index (χ3v) is 3.81. The largest absolute Gasteiger partial charge is 0.293 e. The number of Topliss-reactive ketones (excluding diaryl/α,β-unsaturated/α-hetero) is 1. The lowest BCUT2D eigenvalue weighted by molar-refractivity contribution is 0.0917. The van der Waals surface area contributed by atoms with E-state index in [1.54, 1.807) is 0 Å². The Morgan fingerprint density at radius 3 is 2.46 bits per heavy atom. The van der Waals surface area contributed by atoms with E-state index in [2.05, 4.69) is 29.8 Å². The van der Waals surface area contributed by atoms with Gasteiger partial charge in [0, 0.05) is 5.92 Å². The molecule has 0 saturated heterocycles. The van der Waals surface area contributed by atoms with E-state index in [0.717, 1.165) is 21.5 Å². The summed E-state index contributed by atoms with van der Waals surface area (Å²) in [7, 11) is 0. The highest BCUT2D eigenvalue weighted by Crippen LogP contribution is 2.26. The van der Waals surface area contributed by atoms with Gasteiger partial charge in [-0.05, 0) is 40.9 Å². The van der Waals surface area contributed by atoms with Gasteiger partial charge in [-0.1, -0.05) is 13.8 Å². The van der Waals surface area contributed by atoms with Gasteiger partial charge in [0.05, 0.1) is 8.66 Å². The maximum atomic E-state index is 11.8. The Morgan fingerprint density at radius 2 is 2.08 bits per heavy atom. The fourth-order valence-electron chi connectivity index (χ4n) is 1.31. The van der Waals surface area contributed by atoms with Crippen LogP contribution in [0, 0.1) is 5.92 Å². The number of carbonyl (C=O) groups excluding carboxylic acids is 1. The molecule has 0 amide bonds. The summed E-state index contributed by atoms with van der Waals surface area (Å²) in [5, 5.41) is 0. The lowest BCUT2D eigenvalue weighted by Gasteiger charge is -2.08. The van der Waals surface area contributed by atoms with Crippen LogP contribution in [0.4, 0.5) is 0 Å². The summed E-state index contributed by atoms with van der Waals surface area (Å²) in [6.07, 6.45) is 1.87. The molecule has 1 nitrogen and oxygen atoms in total. The first-order valence-corrected chi connectivity index (χ1v) is 6.09. The maximum absolute atomic E-state index is 11.8. The van der Waals surface area contributed by atoms with E-state index >= 15 is 0 Å². The van der Waals surface area contributed by atoms with E-state index in [-0.39, 0.29) is 5.92 Å². The molecule has 72 valence electrons. The molecule has 3 heteroatoms. The SMILES string of the molecule is CCC(CC)C(=O)c1ccc(Br)s1. The van der Waals surface area contributed by atoms with Crippen molar-refractivity contribution in [1.29, 1.82) is 0 Å². The molecule has 0 saturated carbocycles. The molecule has 0 aliphatic rings. The van der Waals surface area contributed by atoms with Crippen molar-refractivity contribution in [3.63, 3.8) is 0 Å². The Kier molecular flexibility index (Phi) is 4.13. The zero-order chi connectivity index (χ0) is 9.84. The van der Waals surface area contributed by atoms with Crippen molar-refractivity contribution in [2.75, 3.05) is 0 Å². The van der Waals surface area contributed by atoms with Crippen LogP contribution in [-0.4, -0.2) is 5.78 Å². The highest BCUT2D eigenvalue weighted by Gasteiger charge is 2.17. The Balaban J connectivity index is 2.78. The standard InChI is InChI=1S/C10H13BrOS/c1-3-7(4-2)10(12)8-5-6-9(11)13-8/h5-7H,3-4H2,1-2H3. The minimum atomic E-state index is 0.200. The van der Waals surface area contributed by atoms with E-state index in [1.165, 1.54) is 11.3 Å². The smallest absolute Gasteiger partial charge is 0.175 e. The van der Waals surface area contributed by atoms with Gasteiger partial charge in [0.15, 0.2) is 5.78 Å². The molecule has 0 aromatic carbocycles.